The van der Waals surface area contributed by atoms with Crippen LogP contribution in [0.5, 0.6) is 0 Å². The third-order valence-electron chi connectivity index (χ3n) is 7.01. The molecule has 2 fully saturated rings. The van der Waals surface area contributed by atoms with Crippen molar-refractivity contribution in [3.05, 3.63) is 60.3 Å². The van der Waals surface area contributed by atoms with Gasteiger partial charge in [-0.2, -0.15) is 5.10 Å². The summed E-state index contributed by atoms with van der Waals surface area (Å²) in [5.41, 5.74) is 3.99. The maximum atomic E-state index is 13.2. The second kappa shape index (κ2) is 9.59. The van der Waals surface area contributed by atoms with Gasteiger partial charge >= 0.3 is 0 Å². The summed E-state index contributed by atoms with van der Waals surface area (Å²) in [6.07, 6.45) is 4.10. The Bertz CT molecular complexity index is 1310. The van der Waals surface area contributed by atoms with Gasteiger partial charge in [-0.15, -0.1) is 5.10 Å². The molecule has 2 aliphatic rings. The Kier molecular flexibility index (Phi) is 6.01. The number of hydrogen-bond acceptors (Lipinski definition) is 6. The molecule has 4 heterocycles. The number of likely N-dealkylation sites (tertiary alicyclic amines) is 1. The van der Waals surface area contributed by atoms with Gasteiger partial charge in [0.05, 0.1) is 30.6 Å². The minimum Gasteiger partial charge on any atom is -0.379 e. The van der Waals surface area contributed by atoms with Crippen molar-refractivity contribution in [1.29, 1.82) is 0 Å². The molecule has 1 N–H and O–H groups in total. The molecule has 2 aromatic carbocycles. The lowest BCUT2D eigenvalue weighted by Gasteiger charge is -2.36. The zero-order chi connectivity index (χ0) is 23.6. The number of carbonyl (C=O) groups excluding carboxylic acids is 1. The van der Waals surface area contributed by atoms with Crippen LogP contribution in [0.4, 0.5) is 0 Å². The zero-order valence-electron chi connectivity index (χ0n) is 19.6. The number of fused-ring (bicyclic) bond motifs is 1. The van der Waals surface area contributed by atoms with E-state index in [2.05, 4.69) is 25.4 Å². The predicted molar refractivity (Wildman–Crippen MR) is 132 cm³/mol. The summed E-state index contributed by atoms with van der Waals surface area (Å²) >= 11 is 0. The number of nitrogens with zero attached hydrogens (tertiary/aromatic N) is 6. The van der Waals surface area contributed by atoms with E-state index in [0.717, 1.165) is 74.6 Å². The van der Waals surface area contributed by atoms with Crippen LogP contribution < -0.4 is 0 Å². The molecule has 180 valence electrons. The molecule has 1 amide bonds. The fraction of sp³-hybridized carbons (Fsp3) is 0.385. The molecule has 2 saturated heterocycles. The number of piperidine rings is 1. The molecule has 9 nitrogen and oxygen atoms in total. The van der Waals surface area contributed by atoms with Crippen LogP contribution in [0.1, 0.15) is 23.2 Å². The SMILES string of the molecule is O=C(c1ccc(-n2cc(-c3n[nH]c4ccccc34)nn2)cc1)N1CCCC(CN2CCOCC2)C1. The number of amides is 1. The van der Waals surface area contributed by atoms with Crippen LogP contribution in [0.25, 0.3) is 28.0 Å². The molecule has 1 atom stereocenters. The lowest BCUT2D eigenvalue weighted by atomic mass is 9.96. The van der Waals surface area contributed by atoms with Crippen molar-refractivity contribution in [1.82, 2.24) is 35.0 Å². The van der Waals surface area contributed by atoms with Gasteiger partial charge in [0.15, 0.2) is 0 Å². The first kappa shape index (κ1) is 21.9. The van der Waals surface area contributed by atoms with Gasteiger partial charge in [-0.25, -0.2) is 4.68 Å². The van der Waals surface area contributed by atoms with Crippen LogP contribution in [0.2, 0.25) is 0 Å². The normalized spacial score (nSPS) is 19.3. The van der Waals surface area contributed by atoms with E-state index in [0.29, 0.717) is 17.2 Å². The number of aromatic nitrogens is 5. The molecule has 1 unspecified atom stereocenters. The van der Waals surface area contributed by atoms with Crippen LogP contribution in [-0.4, -0.2) is 86.8 Å². The molecule has 2 aromatic heterocycles. The molecule has 0 spiro atoms. The summed E-state index contributed by atoms with van der Waals surface area (Å²) < 4.78 is 7.18. The molecular weight excluding hydrogens is 442 g/mol. The van der Waals surface area contributed by atoms with Crippen molar-refractivity contribution >= 4 is 16.8 Å². The number of ether oxygens (including phenoxy) is 1. The Morgan fingerprint density at radius 3 is 2.74 bits per heavy atom. The Hall–Kier alpha value is -3.56. The van der Waals surface area contributed by atoms with E-state index in [9.17, 15) is 4.79 Å². The fourth-order valence-corrected chi connectivity index (χ4v) is 5.14. The minimum atomic E-state index is 0.102. The van der Waals surface area contributed by atoms with Crippen LogP contribution >= 0.6 is 0 Å². The first-order chi connectivity index (χ1) is 17.2. The van der Waals surface area contributed by atoms with Gasteiger partial charge in [0.25, 0.3) is 5.91 Å². The van der Waals surface area contributed by atoms with Crippen LogP contribution in [0.15, 0.2) is 54.7 Å². The molecular formula is C26H29N7O2. The van der Waals surface area contributed by atoms with Gasteiger partial charge in [-0.1, -0.05) is 23.4 Å². The number of rotatable bonds is 5. The van der Waals surface area contributed by atoms with Gasteiger partial charge in [0.1, 0.15) is 11.4 Å². The molecule has 35 heavy (non-hydrogen) atoms. The van der Waals surface area contributed by atoms with Crippen molar-refractivity contribution in [2.45, 2.75) is 12.8 Å². The van der Waals surface area contributed by atoms with Gasteiger partial charge in [0, 0.05) is 43.7 Å². The molecule has 0 aliphatic carbocycles. The number of aromatic amines is 1. The standard InChI is InChI=1S/C26H29N7O2/c34-26(32-11-3-4-19(17-32)16-31-12-14-35-15-13-31)20-7-9-21(10-8-20)33-18-24(28-30-33)25-22-5-1-2-6-23(22)27-29-25/h1-2,5-10,18-19H,3-4,11-17H2,(H,27,29). The largest absolute Gasteiger partial charge is 0.379 e. The lowest BCUT2D eigenvalue weighted by Crippen LogP contribution is -2.46. The van der Waals surface area contributed by atoms with Crippen LogP contribution in [0.3, 0.4) is 0 Å². The summed E-state index contributed by atoms with van der Waals surface area (Å²) in [7, 11) is 0. The van der Waals surface area contributed by atoms with Gasteiger partial charge in [-0.05, 0) is 49.1 Å². The number of morpholine rings is 1. The van der Waals surface area contributed by atoms with E-state index >= 15 is 0 Å². The summed E-state index contributed by atoms with van der Waals surface area (Å²) in [4.78, 5) is 17.7. The second-order valence-corrected chi connectivity index (χ2v) is 9.39. The Morgan fingerprint density at radius 2 is 1.89 bits per heavy atom. The molecule has 4 aromatic rings. The third kappa shape index (κ3) is 4.56. The topological polar surface area (TPSA) is 92.2 Å². The monoisotopic (exact) mass is 471 g/mol. The predicted octanol–water partition coefficient (Wildman–Crippen LogP) is 3.00. The smallest absolute Gasteiger partial charge is 0.253 e. The van der Waals surface area contributed by atoms with E-state index in [1.807, 2.05) is 59.6 Å². The molecule has 0 radical (unpaired) electrons. The average Bonchev–Trinajstić information content (AvgIpc) is 3.57. The van der Waals surface area contributed by atoms with E-state index in [1.165, 1.54) is 6.42 Å². The van der Waals surface area contributed by atoms with Crippen molar-refractivity contribution in [3.8, 4) is 17.1 Å². The molecule has 0 saturated carbocycles. The quantitative estimate of drug-likeness (QED) is 0.481. The van der Waals surface area contributed by atoms with Gasteiger partial charge in [-0.3, -0.25) is 14.8 Å². The second-order valence-electron chi connectivity index (χ2n) is 9.39. The zero-order valence-corrected chi connectivity index (χ0v) is 19.6. The van der Waals surface area contributed by atoms with Crippen molar-refractivity contribution < 1.29 is 9.53 Å². The van der Waals surface area contributed by atoms with Crippen LogP contribution in [-0.2, 0) is 4.74 Å². The van der Waals surface area contributed by atoms with Crippen LogP contribution in [0, 0.1) is 5.92 Å². The van der Waals surface area contributed by atoms with E-state index in [1.54, 1.807) is 4.68 Å². The Labute approximate surface area is 203 Å². The Balaban J connectivity index is 1.13. The number of hydrogen-bond donors (Lipinski definition) is 1. The summed E-state index contributed by atoms with van der Waals surface area (Å²) in [5, 5.41) is 17.0. The third-order valence-corrected chi connectivity index (χ3v) is 7.01. The summed E-state index contributed by atoms with van der Waals surface area (Å²) in [6.45, 7) is 6.30. The van der Waals surface area contributed by atoms with Crippen molar-refractivity contribution in [3.63, 3.8) is 0 Å². The molecule has 9 heteroatoms. The fourth-order valence-electron chi connectivity index (χ4n) is 5.14. The number of nitrogens with one attached hydrogen (secondary N) is 1. The van der Waals surface area contributed by atoms with E-state index < -0.39 is 0 Å². The maximum absolute atomic E-state index is 13.2. The maximum Gasteiger partial charge on any atom is 0.253 e. The highest BCUT2D eigenvalue weighted by Crippen LogP contribution is 2.25. The number of para-hydroxylation sites is 1. The van der Waals surface area contributed by atoms with Gasteiger partial charge in [0.2, 0.25) is 0 Å². The van der Waals surface area contributed by atoms with Crippen molar-refractivity contribution in [2.75, 3.05) is 45.9 Å². The lowest BCUT2D eigenvalue weighted by molar-refractivity contribution is 0.0224. The summed E-state index contributed by atoms with van der Waals surface area (Å²) in [6, 6.07) is 15.6. The highest BCUT2D eigenvalue weighted by atomic mass is 16.5. The number of carbonyl (C=O) groups is 1. The first-order valence-electron chi connectivity index (χ1n) is 12.3. The average molecular weight is 472 g/mol. The summed E-state index contributed by atoms with van der Waals surface area (Å²) in [5.74, 6) is 0.627. The molecule has 0 bridgehead atoms. The highest BCUT2D eigenvalue weighted by molar-refractivity contribution is 5.94. The van der Waals surface area contributed by atoms with E-state index in [-0.39, 0.29) is 5.91 Å². The van der Waals surface area contributed by atoms with E-state index in [4.69, 9.17) is 4.74 Å². The van der Waals surface area contributed by atoms with Crippen molar-refractivity contribution in [2.24, 2.45) is 5.92 Å². The highest BCUT2D eigenvalue weighted by Gasteiger charge is 2.26. The molecule has 6 rings (SSSR count). The Morgan fingerprint density at radius 1 is 1.06 bits per heavy atom. The molecule has 2 aliphatic heterocycles. The first-order valence-corrected chi connectivity index (χ1v) is 12.3. The number of H-pyrrole nitrogens is 1. The van der Waals surface area contributed by atoms with Gasteiger partial charge < -0.3 is 9.64 Å². The number of benzene rings is 2. The minimum absolute atomic E-state index is 0.102.